The van der Waals surface area contributed by atoms with E-state index in [-0.39, 0.29) is 23.5 Å². The molecule has 11 nitrogen and oxygen atoms in total. The SMILES string of the molecule is CO[C@@H](C)Cn1c(CN2CCC(c3cccc4c3OC(C)(c3ccc(Cl)cn3)O4)CC2)nc2cc(-c3nnc(C(F)(F)F)[nH]3)ncc21. The van der Waals surface area contributed by atoms with Crippen LogP contribution in [0.5, 0.6) is 11.5 Å². The summed E-state index contributed by atoms with van der Waals surface area (Å²) in [4.78, 5) is 18.3. The second-order valence-corrected chi connectivity index (χ2v) is 12.4. The maximum absolute atomic E-state index is 13.1. The van der Waals surface area contributed by atoms with Crippen molar-refractivity contribution in [2.24, 2.45) is 0 Å². The zero-order valence-corrected chi connectivity index (χ0v) is 26.6. The molecule has 1 unspecified atom stereocenters. The van der Waals surface area contributed by atoms with Crippen molar-refractivity contribution >= 4 is 22.6 Å². The highest BCUT2D eigenvalue weighted by Crippen LogP contribution is 2.49. The Hall–Kier alpha value is -4.27. The number of para-hydroxylation sites is 1. The molecule has 0 spiro atoms. The number of pyridine rings is 2. The number of nitrogens with zero attached hydrogens (tertiary/aromatic N) is 7. The highest BCUT2D eigenvalue weighted by Gasteiger charge is 2.42. The van der Waals surface area contributed by atoms with Gasteiger partial charge < -0.3 is 23.8 Å². The van der Waals surface area contributed by atoms with E-state index in [4.69, 9.17) is 30.8 Å². The van der Waals surface area contributed by atoms with E-state index in [0.717, 1.165) is 48.6 Å². The van der Waals surface area contributed by atoms with Crippen LogP contribution in [-0.4, -0.2) is 65.9 Å². The van der Waals surface area contributed by atoms with Crippen LogP contribution in [0, 0.1) is 0 Å². The first kappa shape index (κ1) is 31.3. The van der Waals surface area contributed by atoms with Gasteiger partial charge in [0.15, 0.2) is 17.3 Å². The molecule has 4 aromatic heterocycles. The van der Waals surface area contributed by atoms with Gasteiger partial charge in [-0.3, -0.25) is 14.9 Å². The zero-order chi connectivity index (χ0) is 32.9. The molecule has 1 saturated heterocycles. The Kier molecular flexibility index (Phi) is 8.05. The lowest BCUT2D eigenvalue weighted by Crippen LogP contribution is -2.34. The minimum Gasteiger partial charge on any atom is -0.443 e. The average molecular weight is 669 g/mol. The molecule has 6 heterocycles. The van der Waals surface area contributed by atoms with Crippen LogP contribution in [-0.2, 0) is 29.8 Å². The highest BCUT2D eigenvalue weighted by atomic mass is 35.5. The number of ether oxygens (including phenoxy) is 3. The smallest absolute Gasteiger partial charge is 0.443 e. The standard InChI is InChI=1S/C32H32ClF3N8O3/c1-18(45-3)16-44-24-15-37-23(29-40-30(42-41-29)32(34,35)36)13-22(24)39-27(44)17-43-11-9-19(10-12-43)21-5-4-6-25-28(21)47-31(2,46-25)26-8-7-20(33)14-38-26/h4-8,13-15,18-19H,9-12,16-17H2,1-3H3,(H,40,41,42)/t18-,31?/m0/s1. The number of H-pyrrole nitrogens is 1. The van der Waals surface area contributed by atoms with Crippen LogP contribution >= 0.6 is 11.6 Å². The van der Waals surface area contributed by atoms with Crippen molar-refractivity contribution in [3.63, 3.8) is 0 Å². The second-order valence-electron chi connectivity index (χ2n) is 12.0. The molecule has 0 saturated carbocycles. The van der Waals surface area contributed by atoms with Gasteiger partial charge in [-0.1, -0.05) is 23.7 Å². The summed E-state index contributed by atoms with van der Waals surface area (Å²) in [5, 5.41) is 7.41. The zero-order valence-electron chi connectivity index (χ0n) is 25.9. The summed E-state index contributed by atoms with van der Waals surface area (Å²) in [5.74, 6) is 0.229. The Labute approximate surface area is 273 Å². The molecule has 0 bridgehead atoms. The number of benzene rings is 1. The van der Waals surface area contributed by atoms with Gasteiger partial charge in [0.05, 0.1) is 41.4 Å². The van der Waals surface area contributed by atoms with Gasteiger partial charge in [-0.15, -0.1) is 10.2 Å². The monoisotopic (exact) mass is 668 g/mol. The Balaban J connectivity index is 1.08. The molecule has 0 aliphatic carbocycles. The van der Waals surface area contributed by atoms with Gasteiger partial charge in [0, 0.05) is 25.8 Å². The summed E-state index contributed by atoms with van der Waals surface area (Å²) < 4.78 is 59.6. The largest absolute Gasteiger partial charge is 0.451 e. The molecule has 5 aromatic rings. The minimum absolute atomic E-state index is 0.0748. The molecular weight excluding hydrogens is 637 g/mol. The van der Waals surface area contributed by atoms with Crippen molar-refractivity contribution in [3.05, 3.63) is 76.7 Å². The van der Waals surface area contributed by atoms with E-state index >= 15 is 0 Å². The fraction of sp³-hybridized carbons (Fsp3) is 0.406. The second kappa shape index (κ2) is 12.1. The number of methoxy groups -OCH3 is 1. The van der Waals surface area contributed by atoms with Crippen LogP contribution < -0.4 is 9.47 Å². The van der Waals surface area contributed by atoms with E-state index in [2.05, 4.69) is 40.7 Å². The number of piperidine rings is 1. The number of imidazole rings is 1. The maximum atomic E-state index is 13.1. The number of aromatic amines is 1. The van der Waals surface area contributed by atoms with E-state index in [9.17, 15) is 13.2 Å². The fourth-order valence-corrected chi connectivity index (χ4v) is 6.30. The van der Waals surface area contributed by atoms with Crippen LogP contribution in [0.4, 0.5) is 13.2 Å². The van der Waals surface area contributed by atoms with E-state index < -0.39 is 17.8 Å². The first-order valence-corrected chi connectivity index (χ1v) is 15.6. The first-order valence-electron chi connectivity index (χ1n) is 15.2. The molecule has 1 fully saturated rings. The highest BCUT2D eigenvalue weighted by molar-refractivity contribution is 6.30. The summed E-state index contributed by atoms with van der Waals surface area (Å²) in [6.07, 6.45) is 0.266. The summed E-state index contributed by atoms with van der Waals surface area (Å²) in [5.41, 5.74) is 3.33. The molecule has 2 aliphatic rings. The van der Waals surface area contributed by atoms with Gasteiger partial charge in [0.2, 0.25) is 5.82 Å². The molecular formula is C32H32ClF3N8O3. The molecule has 7 rings (SSSR count). The van der Waals surface area contributed by atoms with Crippen molar-refractivity contribution in [3.8, 4) is 23.0 Å². The molecule has 15 heteroatoms. The van der Waals surface area contributed by atoms with Crippen LogP contribution in [0.1, 0.15) is 55.5 Å². The molecule has 1 aromatic carbocycles. The predicted octanol–water partition coefficient (Wildman–Crippen LogP) is 6.34. The summed E-state index contributed by atoms with van der Waals surface area (Å²) >= 11 is 6.04. The lowest BCUT2D eigenvalue weighted by molar-refractivity contribution is -0.144. The fourth-order valence-electron chi connectivity index (χ4n) is 6.18. The summed E-state index contributed by atoms with van der Waals surface area (Å²) in [7, 11) is 1.65. The number of nitrogens with one attached hydrogen (secondary N) is 1. The van der Waals surface area contributed by atoms with Gasteiger partial charge in [0.25, 0.3) is 5.79 Å². The molecule has 2 aliphatic heterocycles. The number of rotatable bonds is 8. The van der Waals surface area contributed by atoms with Crippen molar-refractivity contribution in [2.75, 3.05) is 20.2 Å². The van der Waals surface area contributed by atoms with Crippen molar-refractivity contribution in [1.29, 1.82) is 0 Å². The number of hydrogen-bond donors (Lipinski definition) is 1. The third kappa shape index (κ3) is 6.12. The van der Waals surface area contributed by atoms with Gasteiger partial charge in [-0.25, -0.2) is 4.98 Å². The number of alkyl halides is 3. The molecule has 246 valence electrons. The van der Waals surface area contributed by atoms with Gasteiger partial charge in [-0.05, 0) is 63.0 Å². The number of halogens is 4. The number of fused-ring (bicyclic) bond motifs is 2. The minimum atomic E-state index is -4.63. The first-order chi connectivity index (χ1) is 22.5. The lowest BCUT2D eigenvalue weighted by atomic mass is 9.88. The van der Waals surface area contributed by atoms with Gasteiger partial charge in [-0.2, -0.15) is 13.2 Å². The van der Waals surface area contributed by atoms with Crippen LogP contribution in [0.3, 0.4) is 0 Å². The molecule has 2 atom stereocenters. The lowest BCUT2D eigenvalue weighted by Gasteiger charge is -2.32. The third-order valence-electron chi connectivity index (χ3n) is 8.75. The normalized spacial score (nSPS) is 19.5. The van der Waals surface area contributed by atoms with E-state index in [1.165, 1.54) is 0 Å². The van der Waals surface area contributed by atoms with Crippen LogP contribution in [0.15, 0.2) is 48.8 Å². The van der Waals surface area contributed by atoms with Crippen molar-refractivity contribution in [1.82, 2.24) is 39.6 Å². The third-order valence-corrected chi connectivity index (χ3v) is 8.97. The van der Waals surface area contributed by atoms with E-state index in [1.54, 1.807) is 31.6 Å². The van der Waals surface area contributed by atoms with Crippen molar-refractivity contribution < 1.29 is 27.4 Å². The van der Waals surface area contributed by atoms with Crippen LogP contribution in [0.25, 0.3) is 22.6 Å². The van der Waals surface area contributed by atoms with E-state index in [1.807, 2.05) is 32.0 Å². The van der Waals surface area contributed by atoms with Crippen LogP contribution in [0.2, 0.25) is 5.02 Å². The molecule has 0 radical (unpaired) electrons. The Morgan fingerprint density at radius 1 is 1.11 bits per heavy atom. The maximum Gasteiger partial charge on any atom is 0.451 e. The Morgan fingerprint density at radius 3 is 2.62 bits per heavy atom. The quantitative estimate of drug-likeness (QED) is 0.202. The molecule has 1 N–H and O–H groups in total. The molecule has 0 amide bonds. The summed E-state index contributed by atoms with van der Waals surface area (Å²) in [6, 6.07) is 11.2. The van der Waals surface area contributed by atoms with Gasteiger partial charge in [0.1, 0.15) is 17.2 Å². The Bertz CT molecular complexity index is 1910. The Morgan fingerprint density at radius 2 is 1.91 bits per heavy atom. The number of likely N-dealkylation sites (tertiary alicyclic amines) is 1. The van der Waals surface area contributed by atoms with E-state index in [0.29, 0.717) is 35.1 Å². The number of hydrogen-bond acceptors (Lipinski definition) is 9. The number of aromatic nitrogens is 7. The topological polar surface area (TPSA) is 116 Å². The average Bonchev–Trinajstić information content (AvgIpc) is 3.77. The summed E-state index contributed by atoms with van der Waals surface area (Å²) in [6.45, 7) is 6.60. The van der Waals surface area contributed by atoms with Gasteiger partial charge >= 0.3 is 6.18 Å². The molecule has 47 heavy (non-hydrogen) atoms. The van der Waals surface area contributed by atoms with Crippen molar-refractivity contribution in [2.45, 2.75) is 63.8 Å². The predicted molar refractivity (Wildman–Crippen MR) is 166 cm³/mol.